The minimum Gasteiger partial charge on any atom is -0.362 e. The van der Waals surface area contributed by atoms with Gasteiger partial charge in [0.05, 0.1) is 6.54 Å². The summed E-state index contributed by atoms with van der Waals surface area (Å²) in [6.45, 7) is 0.587. The number of nitrogens with zero attached hydrogens (tertiary/aromatic N) is 4. The van der Waals surface area contributed by atoms with E-state index >= 15 is 0 Å². The summed E-state index contributed by atoms with van der Waals surface area (Å²) in [7, 11) is 0. The molecular formula is C10H7Cl2N5S. The molecule has 5 nitrogen and oxygen atoms in total. The first-order valence-electron chi connectivity index (χ1n) is 5.07. The lowest BCUT2D eigenvalue weighted by Crippen LogP contribution is -2.05. The first-order valence-corrected chi connectivity index (χ1v) is 6.70. The van der Waals surface area contributed by atoms with Gasteiger partial charge in [0.15, 0.2) is 5.82 Å². The highest BCUT2D eigenvalue weighted by Gasteiger charge is 2.09. The van der Waals surface area contributed by atoms with Crippen LogP contribution in [0.3, 0.4) is 0 Å². The summed E-state index contributed by atoms with van der Waals surface area (Å²) in [6, 6.07) is 3.58. The molecule has 18 heavy (non-hydrogen) atoms. The van der Waals surface area contributed by atoms with Crippen molar-refractivity contribution in [3.05, 3.63) is 39.2 Å². The average molecular weight is 300 g/mol. The molecule has 0 amide bonds. The molecule has 0 aliphatic heterocycles. The molecular weight excluding hydrogens is 293 g/mol. The fraction of sp³-hybridized carbons (Fsp3) is 0.100. The van der Waals surface area contributed by atoms with E-state index in [-0.39, 0.29) is 5.28 Å². The quantitative estimate of drug-likeness (QED) is 0.807. The molecule has 3 aromatic rings. The topological polar surface area (TPSA) is 55.1 Å². The van der Waals surface area contributed by atoms with Crippen molar-refractivity contribution in [2.45, 2.75) is 6.54 Å². The van der Waals surface area contributed by atoms with E-state index in [2.05, 4.69) is 20.4 Å². The van der Waals surface area contributed by atoms with Crippen molar-refractivity contribution in [2.75, 3.05) is 5.32 Å². The molecule has 0 bridgehead atoms. The van der Waals surface area contributed by atoms with Crippen LogP contribution in [0.15, 0.2) is 23.7 Å². The Morgan fingerprint density at radius 3 is 3.00 bits per heavy atom. The molecule has 3 heterocycles. The van der Waals surface area contributed by atoms with E-state index < -0.39 is 0 Å². The average Bonchev–Trinajstić information content (AvgIpc) is 2.97. The van der Waals surface area contributed by atoms with Crippen molar-refractivity contribution in [3.8, 4) is 0 Å². The molecule has 0 saturated carbocycles. The second-order valence-electron chi connectivity index (χ2n) is 3.46. The van der Waals surface area contributed by atoms with E-state index in [0.29, 0.717) is 17.5 Å². The summed E-state index contributed by atoms with van der Waals surface area (Å²) >= 11 is 13.4. The highest BCUT2D eigenvalue weighted by Crippen LogP contribution is 2.22. The zero-order valence-electron chi connectivity index (χ0n) is 8.97. The van der Waals surface area contributed by atoms with Gasteiger partial charge in [-0.25, -0.2) is 9.50 Å². The van der Waals surface area contributed by atoms with Gasteiger partial charge >= 0.3 is 0 Å². The molecule has 0 fully saturated rings. The molecule has 92 valence electrons. The van der Waals surface area contributed by atoms with Crippen LogP contribution in [0.2, 0.25) is 10.4 Å². The zero-order chi connectivity index (χ0) is 12.5. The third kappa shape index (κ3) is 2.14. The first kappa shape index (κ1) is 11.7. The van der Waals surface area contributed by atoms with Gasteiger partial charge in [0, 0.05) is 11.6 Å². The second-order valence-corrected chi connectivity index (χ2v) is 5.17. The molecule has 0 aliphatic carbocycles. The Morgan fingerprint density at radius 1 is 1.33 bits per heavy atom. The van der Waals surface area contributed by atoms with Gasteiger partial charge in [-0.05, 0) is 23.7 Å². The Bertz CT molecular complexity index is 679. The largest absolute Gasteiger partial charge is 0.362 e. The highest BCUT2D eigenvalue weighted by molar-refractivity contribution is 7.09. The van der Waals surface area contributed by atoms with Crippen molar-refractivity contribution in [2.24, 2.45) is 0 Å². The van der Waals surface area contributed by atoms with E-state index in [4.69, 9.17) is 23.2 Å². The Balaban J connectivity index is 1.95. The van der Waals surface area contributed by atoms with Crippen LogP contribution in [0.1, 0.15) is 5.01 Å². The number of hydrogen-bond donors (Lipinski definition) is 1. The van der Waals surface area contributed by atoms with Crippen LogP contribution in [0.4, 0.5) is 5.82 Å². The maximum absolute atomic E-state index is 5.99. The van der Waals surface area contributed by atoms with Crippen LogP contribution in [-0.2, 0) is 6.54 Å². The Morgan fingerprint density at radius 2 is 2.22 bits per heavy atom. The summed E-state index contributed by atoms with van der Waals surface area (Å²) in [5, 5.41) is 10.7. The number of anilines is 1. The zero-order valence-corrected chi connectivity index (χ0v) is 11.3. The number of rotatable bonds is 3. The molecule has 0 radical (unpaired) electrons. The molecule has 0 saturated heterocycles. The SMILES string of the molecule is Clc1nc(NCc2nccs2)c2ccc(Cl)n2n1. The molecule has 0 atom stereocenters. The molecule has 0 aromatic carbocycles. The van der Waals surface area contributed by atoms with Gasteiger partial charge in [-0.3, -0.25) is 0 Å². The lowest BCUT2D eigenvalue weighted by molar-refractivity contribution is 0.900. The fourth-order valence-corrected chi connectivity index (χ4v) is 2.48. The van der Waals surface area contributed by atoms with Gasteiger partial charge in [-0.1, -0.05) is 11.6 Å². The Labute approximate surface area is 116 Å². The van der Waals surface area contributed by atoms with Crippen molar-refractivity contribution in [1.29, 1.82) is 0 Å². The number of hydrogen-bond acceptors (Lipinski definition) is 5. The van der Waals surface area contributed by atoms with Gasteiger partial charge in [0.1, 0.15) is 15.7 Å². The van der Waals surface area contributed by atoms with Crippen LogP contribution in [0.5, 0.6) is 0 Å². The van der Waals surface area contributed by atoms with Gasteiger partial charge in [-0.2, -0.15) is 4.98 Å². The highest BCUT2D eigenvalue weighted by atomic mass is 35.5. The van der Waals surface area contributed by atoms with Gasteiger partial charge in [-0.15, -0.1) is 16.4 Å². The predicted octanol–water partition coefficient (Wildman–Crippen LogP) is 3.10. The monoisotopic (exact) mass is 299 g/mol. The van der Waals surface area contributed by atoms with E-state index in [1.54, 1.807) is 28.1 Å². The summed E-state index contributed by atoms with van der Waals surface area (Å²) < 4.78 is 1.54. The number of nitrogens with one attached hydrogen (secondary N) is 1. The normalized spacial score (nSPS) is 11.0. The minimum absolute atomic E-state index is 0.141. The number of fused-ring (bicyclic) bond motifs is 1. The maximum atomic E-state index is 5.99. The van der Waals surface area contributed by atoms with Crippen LogP contribution in [0, 0.1) is 0 Å². The van der Waals surface area contributed by atoms with Crippen molar-refractivity contribution in [1.82, 2.24) is 19.6 Å². The molecule has 3 rings (SSSR count). The predicted molar refractivity (Wildman–Crippen MR) is 72.4 cm³/mol. The van der Waals surface area contributed by atoms with Crippen LogP contribution in [-0.4, -0.2) is 19.6 Å². The molecule has 0 aliphatic rings. The lowest BCUT2D eigenvalue weighted by atomic mass is 10.5. The van der Waals surface area contributed by atoms with Crippen molar-refractivity contribution < 1.29 is 0 Å². The van der Waals surface area contributed by atoms with Crippen molar-refractivity contribution >= 4 is 45.9 Å². The summed E-state index contributed by atoms with van der Waals surface area (Å²) in [6.07, 6.45) is 1.76. The van der Waals surface area contributed by atoms with Gasteiger partial charge < -0.3 is 5.32 Å². The number of aromatic nitrogens is 4. The van der Waals surface area contributed by atoms with E-state index in [1.807, 2.05) is 11.4 Å². The van der Waals surface area contributed by atoms with Gasteiger partial charge in [0.25, 0.3) is 0 Å². The Kier molecular flexibility index (Phi) is 3.07. The van der Waals surface area contributed by atoms with Crippen LogP contribution in [0.25, 0.3) is 5.52 Å². The van der Waals surface area contributed by atoms with Crippen LogP contribution < -0.4 is 5.32 Å². The second kappa shape index (κ2) is 4.72. The lowest BCUT2D eigenvalue weighted by Gasteiger charge is -2.06. The number of thiazole rings is 1. The van der Waals surface area contributed by atoms with Gasteiger partial charge in [0.2, 0.25) is 5.28 Å². The summed E-state index contributed by atoms with van der Waals surface area (Å²) in [5.41, 5.74) is 0.779. The third-order valence-corrected chi connectivity index (χ3v) is 3.55. The van der Waals surface area contributed by atoms with Crippen molar-refractivity contribution in [3.63, 3.8) is 0 Å². The maximum Gasteiger partial charge on any atom is 0.243 e. The van der Waals surface area contributed by atoms with E-state index in [0.717, 1.165) is 10.5 Å². The van der Waals surface area contributed by atoms with E-state index in [1.165, 1.54) is 0 Å². The molecule has 3 aromatic heterocycles. The standard InChI is InChI=1S/C10H7Cl2N5S/c11-7-2-1-6-9(15-10(12)16-17(6)7)14-5-8-13-3-4-18-8/h1-4H,5H2,(H,14,15,16). The third-order valence-electron chi connectivity index (χ3n) is 2.33. The molecule has 0 unspecified atom stereocenters. The first-order chi connectivity index (χ1) is 8.74. The van der Waals surface area contributed by atoms with Crippen LogP contribution >= 0.6 is 34.5 Å². The summed E-state index contributed by atoms with van der Waals surface area (Å²) in [4.78, 5) is 8.34. The molecule has 8 heteroatoms. The summed E-state index contributed by atoms with van der Waals surface area (Å²) in [5.74, 6) is 0.636. The Hall–Kier alpha value is -1.37. The molecule has 0 spiro atoms. The fourth-order valence-electron chi connectivity index (χ4n) is 1.57. The minimum atomic E-state index is 0.141. The molecule has 1 N–H and O–H groups in total. The number of halogens is 2. The van der Waals surface area contributed by atoms with E-state index in [9.17, 15) is 0 Å². The smallest absolute Gasteiger partial charge is 0.243 e.